The van der Waals surface area contributed by atoms with E-state index in [1.807, 2.05) is 36.4 Å². The molecule has 6 aromatic rings. The molecule has 0 aliphatic rings. The van der Waals surface area contributed by atoms with E-state index in [0.29, 0.717) is 13.1 Å². The van der Waals surface area contributed by atoms with Gasteiger partial charge in [-0.05, 0) is 81.9 Å². The maximum absolute atomic E-state index is 11.2. The van der Waals surface area contributed by atoms with Crippen LogP contribution in [-0.4, -0.2) is 70.5 Å². The van der Waals surface area contributed by atoms with Crippen molar-refractivity contribution in [1.29, 1.82) is 0 Å². The molecule has 0 fully saturated rings. The van der Waals surface area contributed by atoms with Gasteiger partial charge in [-0.3, -0.25) is 18.7 Å². The van der Waals surface area contributed by atoms with Crippen LogP contribution >= 0.6 is 0 Å². The predicted octanol–water partition coefficient (Wildman–Crippen LogP) is 5.56. The molecule has 0 saturated heterocycles. The third-order valence-electron chi connectivity index (χ3n) is 8.29. The number of ether oxygens (including phenoxy) is 2. The van der Waals surface area contributed by atoms with E-state index in [1.165, 1.54) is 70.8 Å². The minimum absolute atomic E-state index is 0. The van der Waals surface area contributed by atoms with Gasteiger partial charge in [-0.15, -0.1) is 0 Å². The number of rotatable bonds is 10. The van der Waals surface area contributed by atoms with Crippen LogP contribution in [0.15, 0.2) is 119 Å². The molecule has 6 aromatic carbocycles. The number of carbonyl (C=O) groups excluding carboxylic acids is 2. The highest BCUT2D eigenvalue weighted by molar-refractivity contribution is 7.86. The number of benzene rings is 6. The molecule has 0 aliphatic carbocycles. The standard InChI is InChI=1S/2C15H17NO2.C10H8O6S2.H2O/c2*1-11(17)16-9-8-13-5-3-4-12-6-7-14(18-2)10-15(12)13;11-17(12,13)9-5-1-3-7-8(9)4-2-6-10(7)18(14,15)16;/h2*3-7,10H,8-9H2,1-2H3,(H,16,17);1-6H,(H,11,12,13)(H,14,15,16);1H2. The van der Waals surface area contributed by atoms with E-state index >= 15 is 0 Å². The van der Waals surface area contributed by atoms with Crippen LogP contribution in [0, 0.1) is 0 Å². The van der Waals surface area contributed by atoms with Crippen LogP contribution in [0.25, 0.3) is 32.3 Å². The molecule has 0 radical (unpaired) electrons. The van der Waals surface area contributed by atoms with E-state index in [0.717, 1.165) is 36.5 Å². The molecule has 0 bridgehead atoms. The van der Waals surface area contributed by atoms with Gasteiger partial charge in [0.25, 0.3) is 20.2 Å². The van der Waals surface area contributed by atoms with E-state index in [-0.39, 0.29) is 28.1 Å². The summed E-state index contributed by atoms with van der Waals surface area (Å²) in [4.78, 5) is 20.9. The molecular formula is C40H44N2O11S2. The first-order valence-electron chi connectivity index (χ1n) is 16.7. The monoisotopic (exact) mass is 792 g/mol. The minimum atomic E-state index is -4.47. The van der Waals surface area contributed by atoms with Crippen molar-refractivity contribution in [2.75, 3.05) is 27.3 Å². The quantitative estimate of drug-likeness (QED) is 0.127. The number of methoxy groups -OCH3 is 2. The number of fused-ring (bicyclic) bond motifs is 3. The molecule has 0 spiro atoms. The van der Waals surface area contributed by atoms with Crippen molar-refractivity contribution in [3.8, 4) is 11.5 Å². The summed E-state index contributed by atoms with van der Waals surface area (Å²) in [5.74, 6) is 1.73. The maximum Gasteiger partial charge on any atom is 0.295 e. The molecule has 2 amide bonds. The van der Waals surface area contributed by atoms with Crippen molar-refractivity contribution in [2.45, 2.75) is 36.5 Å². The molecule has 15 heteroatoms. The Hall–Kier alpha value is -5.58. The number of hydrogen-bond donors (Lipinski definition) is 4. The van der Waals surface area contributed by atoms with E-state index in [9.17, 15) is 26.4 Å². The summed E-state index contributed by atoms with van der Waals surface area (Å²) < 4.78 is 73.2. The third kappa shape index (κ3) is 12.2. The highest BCUT2D eigenvalue weighted by atomic mass is 32.2. The van der Waals surface area contributed by atoms with Gasteiger partial charge >= 0.3 is 0 Å². The molecule has 55 heavy (non-hydrogen) atoms. The van der Waals surface area contributed by atoms with Crippen LogP contribution < -0.4 is 20.1 Å². The van der Waals surface area contributed by atoms with Gasteiger partial charge in [0.1, 0.15) is 21.3 Å². The lowest BCUT2D eigenvalue weighted by molar-refractivity contribution is -0.119. The Morgan fingerprint density at radius 1 is 0.545 bits per heavy atom. The molecule has 0 unspecified atom stereocenters. The average molecular weight is 793 g/mol. The van der Waals surface area contributed by atoms with Crippen molar-refractivity contribution in [2.24, 2.45) is 0 Å². The summed E-state index contributed by atoms with van der Waals surface area (Å²) in [5, 5.41) is 10.4. The molecule has 0 heterocycles. The third-order valence-corrected chi connectivity index (χ3v) is 10.1. The van der Waals surface area contributed by atoms with Crippen molar-refractivity contribution in [3.63, 3.8) is 0 Å². The van der Waals surface area contributed by atoms with E-state index in [2.05, 4.69) is 47.0 Å². The van der Waals surface area contributed by atoms with Gasteiger partial charge in [-0.2, -0.15) is 16.8 Å². The second kappa shape index (κ2) is 19.7. The molecule has 0 aromatic heterocycles. The van der Waals surface area contributed by atoms with E-state index in [1.54, 1.807) is 14.2 Å². The summed E-state index contributed by atoms with van der Waals surface area (Å²) in [6.07, 6.45) is 1.65. The molecule has 13 nitrogen and oxygen atoms in total. The lowest BCUT2D eigenvalue weighted by Gasteiger charge is -2.08. The Kier molecular flexibility index (Phi) is 15.7. The van der Waals surface area contributed by atoms with Crippen molar-refractivity contribution < 1.29 is 50.5 Å². The first-order valence-corrected chi connectivity index (χ1v) is 19.6. The normalized spacial score (nSPS) is 10.9. The van der Waals surface area contributed by atoms with Gasteiger partial charge in [0.05, 0.1) is 14.2 Å². The Morgan fingerprint density at radius 3 is 1.24 bits per heavy atom. The number of carbonyl (C=O) groups is 2. The van der Waals surface area contributed by atoms with Crippen LogP contribution in [0.4, 0.5) is 0 Å². The zero-order valence-corrected chi connectivity index (χ0v) is 32.3. The number of amides is 2. The molecule has 0 atom stereocenters. The maximum atomic E-state index is 11.2. The Balaban J connectivity index is 0.000000220. The first-order chi connectivity index (χ1) is 25.6. The second-order valence-corrected chi connectivity index (χ2v) is 14.8. The van der Waals surface area contributed by atoms with Crippen LogP contribution in [0.3, 0.4) is 0 Å². The summed E-state index contributed by atoms with van der Waals surface area (Å²) >= 11 is 0. The predicted molar refractivity (Wildman–Crippen MR) is 213 cm³/mol. The first kappa shape index (κ1) is 43.8. The SMILES string of the molecule is COc1ccc2cccc(CCNC(C)=O)c2c1.COc1ccc2cccc(CCNC(C)=O)c2c1.O.O=S(=O)(O)c1cccc2c(S(=O)(=O)O)cccc12. The van der Waals surface area contributed by atoms with Crippen LogP contribution in [0.5, 0.6) is 11.5 Å². The number of hydrogen-bond acceptors (Lipinski definition) is 8. The second-order valence-electron chi connectivity index (χ2n) is 12.0. The fourth-order valence-electron chi connectivity index (χ4n) is 5.77. The lowest BCUT2D eigenvalue weighted by atomic mass is 10.0. The Labute approximate surface area is 320 Å². The van der Waals surface area contributed by atoms with Gasteiger partial charge in [-0.1, -0.05) is 72.8 Å². The molecule has 292 valence electrons. The molecule has 0 aliphatic heterocycles. The molecular weight excluding hydrogens is 749 g/mol. The van der Waals surface area contributed by atoms with Crippen LogP contribution in [-0.2, 0) is 42.7 Å². The average Bonchev–Trinajstić information content (AvgIpc) is 3.13. The van der Waals surface area contributed by atoms with Gasteiger partial charge in [0, 0.05) is 37.7 Å². The number of nitrogens with one attached hydrogen (secondary N) is 2. The topological polar surface area (TPSA) is 217 Å². The summed E-state index contributed by atoms with van der Waals surface area (Å²) in [5.41, 5.74) is 2.44. The summed E-state index contributed by atoms with van der Waals surface area (Å²) in [6.45, 7) is 4.38. The summed E-state index contributed by atoms with van der Waals surface area (Å²) in [7, 11) is -5.60. The van der Waals surface area contributed by atoms with Gasteiger partial charge in [0.2, 0.25) is 11.8 Å². The highest BCUT2D eigenvalue weighted by Crippen LogP contribution is 2.28. The Bertz CT molecular complexity index is 2330. The van der Waals surface area contributed by atoms with E-state index < -0.39 is 30.0 Å². The molecule has 6 rings (SSSR count). The highest BCUT2D eigenvalue weighted by Gasteiger charge is 2.19. The van der Waals surface area contributed by atoms with Crippen LogP contribution in [0.2, 0.25) is 0 Å². The largest absolute Gasteiger partial charge is 0.497 e. The zero-order chi connectivity index (χ0) is 39.5. The van der Waals surface area contributed by atoms with Crippen molar-refractivity contribution in [3.05, 3.63) is 120 Å². The van der Waals surface area contributed by atoms with Crippen molar-refractivity contribution >= 4 is 64.4 Å². The van der Waals surface area contributed by atoms with Crippen LogP contribution in [0.1, 0.15) is 25.0 Å². The fourth-order valence-corrected chi connectivity index (χ4v) is 7.18. The van der Waals surface area contributed by atoms with E-state index in [4.69, 9.17) is 18.6 Å². The smallest absolute Gasteiger partial charge is 0.295 e. The summed E-state index contributed by atoms with van der Waals surface area (Å²) in [6, 6.07) is 32.0. The fraction of sp³-hybridized carbons (Fsp3) is 0.200. The minimum Gasteiger partial charge on any atom is -0.497 e. The molecule has 0 saturated carbocycles. The van der Waals surface area contributed by atoms with Crippen molar-refractivity contribution in [1.82, 2.24) is 10.6 Å². The van der Waals surface area contributed by atoms with Gasteiger partial charge in [-0.25, -0.2) is 0 Å². The molecule has 6 N–H and O–H groups in total. The zero-order valence-electron chi connectivity index (χ0n) is 30.7. The Morgan fingerprint density at radius 2 is 0.909 bits per heavy atom. The van der Waals surface area contributed by atoms with Gasteiger partial charge in [0.15, 0.2) is 0 Å². The van der Waals surface area contributed by atoms with Gasteiger partial charge < -0.3 is 25.6 Å². The lowest BCUT2D eigenvalue weighted by Crippen LogP contribution is -2.22.